The van der Waals surface area contributed by atoms with E-state index in [0.717, 1.165) is 12.1 Å². The van der Waals surface area contributed by atoms with E-state index in [-0.39, 0.29) is 5.91 Å². The molecule has 1 saturated heterocycles. The van der Waals surface area contributed by atoms with Crippen molar-refractivity contribution in [2.24, 2.45) is 0 Å². The summed E-state index contributed by atoms with van der Waals surface area (Å²) in [6, 6.07) is 8.16. The Labute approximate surface area is 164 Å². The van der Waals surface area contributed by atoms with Gasteiger partial charge in [0.15, 0.2) is 0 Å². The smallest absolute Gasteiger partial charge is 0.354 e. The number of carbonyl (C=O) groups is 1. The number of nitrogens with zero attached hydrogens (tertiary/aromatic N) is 4. The van der Waals surface area contributed by atoms with Crippen molar-refractivity contribution < 1.29 is 18.0 Å². The summed E-state index contributed by atoms with van der Waals surface area (Å²) in [6.07, 6.45) is -0.569. The molecule has 3 heterocycles. The Morgan fingerprint density at radius 1 is 1.21 bits per heavy atom. The van der Waals surface area contributed by atoms with E-state index in [0.29, 0.717) is 35.7 Å². The number of halogens is 3. The van der Waals surface area contributed by atoms with Crippen molar-refractivity contribution in [3.8, 4) is 11.3 Å². The zero-order valence-corrected chi connectivity index (χ0v) is 15.4. The fourth-order valence-corrected chi connectivity index (χ4v) is 3.16. The highest BCUT2D eigenvalue weighted by atomic mass is 19.4. The van der Waals surface area contributed by atoms with Crippen molar-refractivity contribution in [1.82, 2.24) is 25.3 Å². The molecule has 1 aromatic carbocycles. The van der Waals surface area contributed by atoms with Crippen LogP contribution in [0.3, 0.4) is 0 Å². The third-order valence-electron chi connectivity index (χ3n) is 4.94. The summed E-state index contributed by atoms with van der Waals surface area (Å²) in [6.45, 7) is 2.36. The maximum atomic E-state index is 12.7. The summed E-state index contributed by atoms with van der Waals surface area (Å²) in [4.78, 5) is 16.4. The maximum Gasteiger partial charge on any atom is 0.416 e. The van der Waals surface area contributed by atoms with E-state index in [1.54, 1.807) is 31.5 Å². The molecular weight excluding hydrogens is 385 g/mol. The van der Waals surface area contributed by atoms with E-state index >= 15 is 0 Å². The van der Waals surface area contributed by atoms with Crippen LogP contribution in [0.15, 0.2) is 48.8 Å². The monoisotopic (exact) mass is 402 g/mol. The lowest BCUT2D eigenvalue weighted by Gasteiger charge is -2.19. The molecular formula is C19H17F3N6O. The van der Waals surface area contributed by atoms with Gasteiger partial charge in [-0.25, -0.2) is 9.67 Å². The molecule has 0 aliphatic carbocycles. The van der Waals surface area contributed by atoms with Gasteiger partial charge >= 0.3 is 6.18 Å². The third kappa shape index (κ3) is 3.53. The van der Waals surface area contributed by atoms with Crippen LogP contribution in [0, 0.1) is 0 Å². The number of carbonyl (C=O) groups excluding carboxylic acids is 1. The van der Waals surface area contributed by atoms with Crippen LogP contribution < -0.4 is 10.6 Å². The van der Waals surface area contributed by atoms with Crippen LogP contribution in [0.25, 0.3) is 11.3 Å². The molecule has 0 spiro atoms. The van der Waals surface area contributed by atoms with E-state index in [1.807, 2.05) is 0 Å². The quantitative estimate of drug-likeness (QED) is 0.699. The largest absolute Gasteiger partial charge is 0.416 e. The second-order valence-corrected chi connectivity index (χ2v) is 6.93. The van der Waals surface area contributed by atoms with Crippen LogP contribution >= 0.6 is 0 Å². The molecule has 0 radical (unpaired) electrons. The van der Waals surface area contributed by atoms with Gasteiger partial charge in [-0.2, -0.15) is 13.2 Å². The Morgan fingerprint density at radius 2 is 1.97 bits per heavy atom. The Hall–Kier alpha value is -3.43. The van der Waals surface area contributed by atoms with Crippen molar-refractivity contribution in [2.75, 3.05) is 11.9 Å². The third-order valence-corrected chi connectivity index (χ3v) is 4.94. The Kier molecular flexibility index (Phi) is 4.48. The van der Waals surface area contributed by atoms with Crippen LogP contribution in [-0.4, -0.2) is 32.4 Å². The first-order chi connectivity index (χ1) is 13.8. The number of amides is 1. The van der Waals surface area contributed by atoms with Crippen molar-refractivity contribution in [2.45, 2.75) is 25.1 Å². The minimum Gasteiger partial charge on any atom is -0.354 e. The summed E-state index contributed by atoms with van der Waals surface area (Å²) in [7, 11) is 0. The lowest BCUT2D eigenvalue weighted by molar-refractivity contribution is -0.137. The number of benzene rings is 1. The minimum absolute atomic E-state index is 0.122. The predicted octanol–water partition coefficient (Wildman–Crippen LogP) is 3.34. The predicted molar refractivity (Wildman–Crippen MR) is 99.3 cm³/mol. The number of pyridine rings is 1. The topological polar surface area (TPSA) is 84.7 Å². The number of anilines is 2. The molecule has 0 saturated carbocycles. The molecule has 10 heteroatoms. The van der Waals surface area contributed by atoms with Crippen LogP contribution in [0.1, 0.15) is 18.9 Å². The van der Waals surface area contributed by atoms with Gasteiger partial charge < -0.3 is 10.6 Å². The average Bonchev–Trinajstić information content (AvgIpc) is 3.30. The highest BCUT2D eigenvalue weighted by molar-refractivity contribution is 5.86. The van der Waals surface area contributed by atoms with Gasteiger partial charge in [0.2, 0.25) is 5.91 Å². The second kappa shape index (κ2) is 6.87. The van der Waals surface area contributed by atoms with Gasteiger partial charge in [-0.3, -0.25) is 4.79 Å². The number of rotatable bonds is 4. The number of alkyl halides is 3. The highest BCUT2D eigenvalue weighted by Gasteiger charge is 2.40. The van der Waals surface area contributed by atoms with Crippen LogP contribution in [0.2, 0.25) is 0 Å². The fourth-order valence-electron chi connectivity index (χ4n) is 3.16. The van der Waals surface area contributed by atoms with Crippen molar-refractivity contribution in [3.63, 3.8) is 0 Å². The van der Waals surface area contributed by atoms with E-state index in [9.17, 15) is 18.0 Å². The molecule has 2 aromatic heterocycles. The molecule has 7 nitrogen and oxygen atoms in total. The molecule has 1 atom stereocenters. The summed E-state index contributed by atoms with van der Waals surface area (Å²) < 4.78 is 39.8. The van der Waals surface area contributed by atoms with Crippen molar-refractivity contribution >= 4 is 17.4 Å². The molecule has 29 heavy (non-hydrogen) atoms. The molecule has 4 rings (SSSR count). The molecule has 1 unspecified atom stereocenters. The minimum atomic E-state index is -4.39. The average molecular weight is 402 g/mol. The molecule has 1 amide bonds. The molecule has 1 aliphatic heterocycles. The summed E-state index contributed by atoms with van der Waals surface area (Å²) in [5, 5.41) is 14.1. The normalized spacial score (nSPS) is 19.2. The van der Waals surface area contributed by atoms with E-state index in [2.05, 4.69) is 25.9 Å². The lowest BCUT2D eigenvalue weighted by Crippen LogP contribution is -2.38. The van der Waals surface area contributed by atoms with Crippen LogP contribution in [0.5, 0.6) is 0 Å². The first-order valence-electron chi connectivity index (χ1n) is 8.88. The van der Waals surface area contributed by atoms with Gasteiger partial charge in [-0.15, -0.1) is 5.10 Å². The molecule has 0 bridgehead atoms. The van der Waals surface area contributed by atoms with E-state index in [4.69, 9.17) is 0 Å². The van der Waals surface area contributed by atoms with Gasteiger partial charge in [0.1, 0.15) is 17.1 Å². The first kappa shape index (κ1) is 18.9. The van der Waals surface area contributed by atoms with Gasteiger partial charge in [-0.05, 0) is 49.7 Å². The maximum absolute atomic E-state index is 12.7. The number of aromatic nitrogens is 4. The van der Waals surface area contributed by atoms with Gasteiger partial charge in [0.05, 0.1) is 11.8 Å². The fraction of sp³-hybridized carbons (Fsp3) is 0.263. The number of hydrogen-bond acceptors (Lipinski definition) is 5. The van der Waals surface area contributed by atoms with Crippen molar-refractivity contribution in [3.05, 3.63) is 54.4 Å². The second-order valence-electron chi connectivity index (χ2n) is 6.93. The summed E-state index contributed by atoms with van der Waals surface area (Å²) in [5.74, 6) is 0.295. The Bertz CT molecular complexity index is 1050. The Balaban J connectivity index is 1.62. The first-order valence-corrected chi connectivity index (χ1v) is 8.88. The Morgan fingerprint density at radius 3 is 2.62 bits per heavy atom. The van der Waals surface area contributed by atoms with E-state index < -0.39 is 17.3 Å². The lowest BCUT2D eigenvalue weighted by atomic mass is 10.0. The highest BCUT2D eigenvalue weighted by Crippen LogP contribution is 2.32. The van der Waals surface area contributed by atoms with Crippen LogP contribution in [-0.2, 0) is 16.5 Å². The zero-order valence-electron chi connectivity index (χ0n) is 15.4. The van der Waals surface area contributed by atoms with Gasteiger partial charge in [0, 0.05) is 24.0 Å². The molecule has 3 aromatic rings. The zero-order chi connectivity index (χ0) is 20.6. The molecule has 1 aliphatic rings. The standard InChI is InChI=1S/C19H17F3N6O/c1-18(8-10-24-17(18)29)28-11-15(26-27-28)14-3-2-9-23-16(14)25-13-6-4-12(5-7-13)19(20,21)22/h2-7,9,11H,8,10H2,1H3,(H,23,25)(H,24,29). The van der Waals surface area contributed by atoms with Gasteiger partial charge in [0.25, 0.3) is 0 Å². The van der Waals surface area contributed by atoms with E-state index in [1.165, 1.54) is 16.8 Å². The van der Waals surface area contributed by atoms with Crippen LogP contribution in [0.4, 0.5) is 24.7 Å². The number of hydrogen-bond donors (Lipinski definition) is 2. The van der Waals surface area contributed by atoms with Gasteiger partial charge in [-0.1, -0.05) is 5.21 Å². The van der Waals surface area contributed by atoms with Crippen molar-refractivity contribution in [1.29, 1.82) is 0 Å². The summed E-state index contributed by atoms with van der Waals surface area (Å²) in [5.41, 5.74) is 0.0194. The molecule has 1 fully saturated rings. The summed E-state index contributed by atoms with van der Waals surface area (Å²) >= 11 is 0. The molecule has 150 valence electrons. The number of nitrogens with one attached hydrogen (secondary N) is 2. The molecule has 2 N–H and O–H groups in total. The SMILES string of the molecule is CC1(n2cc(-c3cccnc3Nc3ccc(C(F)(F)F)cc3)nn2)CCNC1=O.